The van der Waals surface area contributed by atoms with Crippen LogP contribution in [0.1, 0.15) is 65.0 Å². The molecule has 1 aliphatic rings. The fourth-order valence-electron chi connectivity index (χ4n) is 5.20. The number of hydrogen-bond acceptors (Lipinski definition) is 5. The average Bonchev–Trinajstić information content (AvgIpc) is 3.11. The topological polar surface area (TPSA) is 91.2 Å². The molecular formula is C29H33Cl2F2N3O3. The van der Waals surface area contributed by atoms with Crippen LogP contribution in [-0.4, -0.2) is 36.1 Å². The zero-order valence-corrected chi connectivity index (χ0v) is 24.3. The number of hydrogen-bond donors (Lipinski definition) is 2. The maximum Gasteiger partial charge on any atom is 0.325 e. The maximum atomic E-state index is 15.6. The number of carbonyl (C=O) groups excluding carboxylic acids is 2. The van der Waals surface area contributed by atoms with E-state index < -0.39 is 59.1 Å². The molecule has 1 heterocycles. The van der Waals surface area contributed by atoms with Crippen LogP contribution >= 0.6 is 23.2 Å². The third-order valence-electron chi connectivity index (χ3n) is 6.56. The van der Waals surface area contributed by atoms with Gasteiger partial charge in [0.15, 0.2) is 0 Å². The van der Waals surface area contributed by atoms with Crippen LogP contribution in [0.25, 0.3) is 0 Å². The lowest BCUT2D eigenvalue weighted by molar-refractivity contribution is -0.154. The number of rotatable bonds is 6. The van der Waals surface area contributed by atoms with Crippen LogP contribution in [0.2, 0.25) is 10.0 Å². The van der Waals surface area contributed by atoms with Crippen molar-refractivity contribution in [3.05, 3.63) is 69.2 Å². The van der Waals surface area contributed by atoms with Gasteiger partial charge in [-0.3, -0.25) is 9.59 Å². The van der Waals surface area contributed by atoms with Gasteiger partial charge in [0, 0.05) is 22.5 Å². The second-order valence-corrected chi connectivity index (χ2v) is 12.8. The molecule has 210 valence electrons. The number of nitrogens with zero attached hydrogens (tertiary/aromatic N) is 1. The van der Waals surface area contributed by atoms with Crippen molar-refractivity contribution in [1.82, 2.24) is 10.6 Å². The first kappa shape index (κ1) is 30.8. The zero-order valence-electron chi connectivity index (χ0n) is 22.8. The van der Waals surface area contributed by atoms with E-state index in [9.17, 15) is 14.9 Å². The first-order chi connectivity index (χ1) is 18.0. The predicted molar refractivity (Wildman–Crippen MR) is 146 cm³/mol. The van der Waals surface area contributed by atoms with E-state index in [-0.39, 0.29) is 26.6 Å². The fourth-order valence-corrected chi connectivity index (χ4v) is 5.54. The zero-order chi connectivity index (χ0) is 29.3. The highest BCUT2D eigenvalue weighted by Gasteiger charge is 2.61. The second kappa shape index (κ2) is 11.4. The molecule has 1 saturated heterocycles. The summed E-state index contributed by atoms with van der Waals surface area (Å²) in [7, 11) is 0. The van der Waals surface area contributed by atoms with Gasteiger partial charge in [-0.05, 0) is 56.4 Å². The van der Waals surface area contributed by atoms with E-state index in [1.165, 1.54) is 30.3 Å². The van der Waals surface area contributed by atoms with Gasteiger partial charge < -0.3 is 15.4 Å². The van der Waals surface area contributed by atoms with Crippen molar-refractivity contribution >= 4 is 35.1 Å². The molecule has 2 aromatic rings. The maximum absolute atomic E-state index is 15.6. The molecule has 2 aromatic carbocycles. The third kappa shape index (κ3) is 6.71. The molecule has 0 aromatic heterocycles. The molecule has 0 saturated carbocycles. The number of nitriles is 1. The minimum atomic E-state index is -1.75. The molecule has 0 spiro atoms. The van der Waals surface area contributed by atoms with Gasteiger partial charge >= 0.3 is 5.97 Å². The molecule has 1 fully saturated rings. The van der Waals surface area contributed by atoms with E-state index >= 15 is 8.78 Å². The summed E-state index contributed by atoms with van der Waals surface area (Å²) in [5, 5.41) is 16.5. The lowest BCUT2D eigenvalue weighted by atomic mass is 9.62. The number of benzene rings is 2. The van der Waals surface area contributed by atoms with E-state index in [0.717, 1.165) is 6.07 Å². The third-order valence-corrected chi connectivity index (χ3v) is 7.09. The molecule has 0 bridgehead atoms. The summed E-state index contributed by atoms with van der Waals surface area (Å²) in [4.78, 5) is 25.9. The van der Waals surface area contributed by atoms with Gasteiger partial charge in [0.2, 0.25) is 5.91 Å². The monoisotopic (exact) mass is 579 g/mol. The van der Waals surface area contributed by atoms with Crippen molar-refractivity contribution < 1.29 is 23.1 Å². The molecule has 10 heteroatoms. The van der Waals surface area contributed by atoms with E-state index in [0.29, 0.717) is 6.42 Å². The van der Waals surface area contributed by atoms with Gasteiger partial charge in [-0.25, -0.2) is 8.78 Å². The van der Waals surface area contributed by atoms with Crippen molar-refractivity contribution in [2.75, 3.05) is 6.54 Å². The summed E-state index contributed by atoms with van der Waals surface area (Å²) < 4.78 is 36.5. The van der Waals surface area contributed by atoms with Gasteiger partial charge in [0.25, 0.3) is 0 Å². The van der Waals surface area contributed by atoms with Crippen LogP contribution < -0.4 is 10.6 Å². The lowest BCUT2D eigenvalue weighted by Crippen LogP contribution is -2.47. The van der Waals surface area contributed by atoms with Crippen molar-refractivity contribution in [3.8, 4) is 6.07 Å². The van der Waals surface area contributed by atoms with Crippen molar-refractivity contribution in [2.24, 2.45) is 5.41 Å². The van der Waals surface area contributed by atoms with Crippen molar-refractivity contribution in [1.29, 1.82) is 5.26 Å². The Bertz CT molecular complexity index is 1300. The van der Waals surface area contributed by atoms with Gasteiger partial charge in [-0.15, -0.1) is 0 Å². The Hall–Kier alpha value is -2.73. The summed E-state index contributed by atoms with van der Waals surface area (Å²) in [5.41, 5.74) is -2.94. The first-order valence-corrected chi connectivity index (χ1v) is 13.3. The molecule has 1 aliphatic heterocycles. The Balaban J connectivity index is 2.21. The first-order valence-electron chi connectivity index (χ1n) is 12.6. The van der Waals surface area contributed by atoms with Crippen LogP contribution in [0.3, 0.4) is 0 Å². The number of ether oxygens (including phenoxy) is 1. The highest BCUT2D eigenvalue weighted by molar-refractivity contribution is 6.31. The average molecular weight is 581 g/mol. The molecule has 4 atom stereocenters. The molecule has 39 heavy (non-hydrogen) atoms. The number of amides is 1. The minimum Gasteiger partial charge on any atom is -0.459 e. The summed E-state index contributed by atoms with van der Waals surface area (Å²) in [6.45, 7) is 10.5. The van der Waals surface area contributed by atoms with Crippen LogP contribution in [0, 0.1) is 28.4 Å². The van der Waals surface area contributed by atoms with Gasteiger partial charge in [-0.2, -0.15) is 5.26 Å². The fraction of sp³-hybridized carbons (Fsp3) is 0.483. The van der Waals surface area contributed by atoms with E-state index in [2.05, 4.69) is 16.7 Å². The van der Waals surface area contributed by atoms with Crippen LogP contribution in [-0.2, 0) is 19.7 Å². The van der Waals surface area contributed by atoms with Gasteiger partial charge in [-0.1, -0.05) is 62.2 Å². The van der Waals surface area contributed by atoms with Gasteiger partial charge in [0.1, 0.15) is 29.2 Å². The quantitative estimate of drug-likeness (QED) is 0.406. The van der Waals surface area contributed by atoms with E-state index in [1.807, 2.05) is 20.8 Å². The molecule has 1 amide bonds. The number of nitrogens with one attached hydrogen (secondary N) is 2. The molecule has 6 nitrogen and oxygen atoms in total. The smallest absolute Gasteiger partial charge is 0.325 e. The highest BCUT2D eigenvalue weighted by atomic mass is 35.5. The summed E-state index contributed by atoms with van der Waals surface area (Å²) in [6, 6.07) is 8.49. The van der Waals surface area contributed by atoms with E-state index in [1.54, 1.807) is 20.8 Å². The summed E-state index contributed by atoms with van der Waals surface area (Å²) in [6.07, 6.45) is 0.331. The molecule has 1 unspecified atom stereocenters. The highest BCUT2D eigenvalue weighted by Crippen LogP contribution is 2.52. The van der Waals surface area contributed by atoms with E-state index in [4.69, 9.17) is 27.9 Å². The summed E-state index contributed by atoms with van der Waals surface area (Å²) in [5.74, 6) is -4.13. The SMILES string of the molecule is CC(C)(C)C[C@@H]1N[C@@H](C(=O)NCC(=O)OC(C)(C)C)C(c2cccc(Cl)c2F)[C@@]1(C#N)c1ccc(Cl)cc1F. The minimum absolute atomic E-state index is 0.0250. The molecule has 3 rings (SSSR count). The molecular weight excluding hydrogens is 547 g/mol. The Morgan fingerprint density at radius 3 is 2.36 bits per heavy atom. The van der Waals surface area contributed by atoms with Crippen LogP contribution in [0.15, 0.2) is 36.4 Å². The van der Waals surface area contributed by atoms with Gasteiger partial charge in [0.05, 0.1) is 17.1 Å². The number of carbonyl (C=O) groups is 2. The predicted octanol–water partition coefficient (Wildman–Crippen LogP) is 6.05. The van der Waals surface area contributed by atoms with Crippen LogP contribution in [0.5, 0.6) is 0 Å². The Morgan fingerprint density at radius 2 is 1.79 bits per heavy atom. The Kier molecular flexibility index (Phi) is 9.01. The Labute approximate surface area is 238 Å². The normalized spacial score (nSPS) is 23.3. The largest absolute Gasteiger partial charge is 0.459 e. The van der Waals surface area contributed by atoms with Crippen LogP contribution in [0.4, 0.5) is 8.78 Å². The number of halogens is 4. The second-order valence-electron chi connectivity index (χ2n) is 12.0. The standard InChI is InChI=1S/C29H33Cl2F2N3O3/c1-27(2,3)13-21-29(15-34,18-11-10-16(30)12-20(18)32)23(17-8-7-9-19(31)24(17)33)25(36-21)26(38)35-14-22(37)39-28(4,5)6/h7-12,21,23,25,36H,13-14H2,1-6H3,(H,35,38)/t21-,23?,25+,29-/m0/s1. The number of esters is 1. The molecule has 2 N–H and O–H groups in total. The molecule has 0 aliphatic carbocycles. The Morgan fingerprint density at radius 1 is 1.13 bits per heavy atom. The summed E-state index contributed by atoms with van der Waals surface area (Å²) >= 11 is 12.2. The van der Waals surface area contributed by atoms with Crippen molar-refractivity contribution in [3.63, 3.8) is 0 Å². The lowest BCUT2D eigenvalue weighted by Gasteiger charge is -2.37. The van der Waals surface area contributed by atoms with Crippen molar-refractivity contribution in [2.45, 2.75) is 77.0 Å². The molecule has 0 radical (unpaired) electrons.